The van der Waals surface area contributed by atoms with Crippen molar-refractivity contribution in [1.29, 1.82) is 0 Å². The van der Waals surface area contributed by atoms with Crippen LogP contribution in [0.2, 0.25) is 0 Å². The van der Waals surface area contributed by atoms with Gasteiger partial charge in [-0.15, -0.1) is 0 Å². The average Bonchev–Trinajstić information content (AvgIpc) is 3.51. The number of hydrogen-bond donors (Lipinski definition) is 2. The zero-order valence-electron chi connectivity index (χ0n) is 18.2. The molecule has 5 heterocycles. The highest BCUT2D eigenvalue weighted by molar-refractivity contribution is 9.10. The molecule has 33 heavy (non-hydrogen) atoms. The number of pyridine rings is 1. The fraction of sp³-hybridized carbons (Fsp3) is 0.304. The van der Waals surface area contributed by atoms with Gasteiger partial charge in [-0.3, -0.25) is 9.78 Å². The Balaban J connectivity index is 1.38. The van der Waals surface area contributed by atoms with Gasteiger partial charge in [-0.25, -0.2) is 4.98 Å². The zero-order valence-corrected chi connectivity index (χ0v) is 20.6. The number of halogens is 1. The Morgan fingerprint density at radius 3 is 2.73 bits per heavy atom. The summed E-state index contributed by atoms with van der Waals surface area (Å²) in [5.74, 6) is 0.652. The molecule has 0 aromatic carbocycles. The number of nitrogens with one attached hydrogen (secondary N) is 1. The second-order valence-corrected chi connectivity index (χ2v) is 9.73. The normalized spacial score (nSPS) is 14.8. The lowest BCUT2D eigenvalue weighted by atomic mass is 10.0. The molecule has 8 nitrogen and oxygen atoms in total. The summed E-state index contributed by atoms with van der Waals surface area (Å²) < 4.78 is 2.39. The second-order valence-electron chi connectivity index (χ2n) is 8.16. The second kappa shape index (κ2) is 9.20. The summed E-state index contributed by atoms with van der Waals surface area (Å²) in [5.41, 5.74) is 11.8. The molecule has 3 N–H and O–H groups in total. The summed E-state index contributed by atoms with van der Waals surface area (Å²) in [5, 5.41) is 12.2. The van der Waals surface area contributed by atoms with E-state index in [2.05, 4.69) is 42.8 Å². The zero-order chi connectivity index (χ0) is 22.9. The van der Waals surface area contributed by atoms with E-state index in [0.29, 0.717) is 24.1 Å². The van der Waals surface area contributed by atoms with Crippen molar-refractivity contribution in [2.45, 2.75) is 32.4 Å². The molecule has 4 aromatic rings. The van der Waals surface area contributed by atoms with Crippen LogP contribution >= 0.6 is 27.3 Å². The molecule has 0 atom stereocenters. The number of anilines is 1. The van der Waals surface area contributed by atoms with Gasteiger partial charge >= 0.3 is 0 Å². The molecule has 1 amide bonds. The third-order valence-electron chi connectivity index (χ3n) is 6.08. The summed E-state index contributed by atoms with van der Waals surface area (Å²) in [7, 11) is 0. The first-order valence-electron chi connectivity index (χ1n) is 10.8. The summed E-state index contributed by atoms with van der Waals surface area (Å²) in [6, 6.07) is 6.45. The van der Waals surface area contributed by atoms with Crippen LogP contribution in [-0.4, -0.2) is 49.5 Å². The molecule has 0 radical (unpaired) electrons. The van der Waals surface area contributed by atoms with E-state index in [-0.39, 0.29) is 5.91 Å². The van der Waals surface area contributed by atoms with Crippen LogP contribution in [0.1, 0.15) is 25.5 Å². The number of fused-ring (bicyclic) bond motifs is 1. The Bertz CT molecular complexity index is 1280. The van der Waals surface area contributed by atoms with Gasteiger partial charge in [0.25, 0.3) is 0 Å². The lowest BCUT2D eigenvalue weighted by Crippen LogP contribution is -2.44. The Morgan fingerprint density at radius 2 is 2.06 bits per heavy atom. The van der Waals surface area contributed by atoms with Gasteiger partial charge in [0, 0.05) is 60.9 Å². The van der Waals surface area contributed by atoms with Crippen LogP contribution in [0.15, 0.2) is 45.8 Å². The van der Waals surface area contributed by atoms with E-state index in [1.165, 1.54) is 0 Å². The molecular formula is C23H24BrN7OS. The molecule has 1 saturated heterocycles. The summed E-state index contributed by atoms with van der Waals surface area (Å²) in [6.07, 6.45) is 5.48. The largest absolute Gasteiger partial charge is 0.383 e. The molecule has 4 aromatic heterocycles. The number of carbonyl (C=O) groups excluding carboxylic acids is 1. The van der Waals surface area contributed by atoms with Gasteiger partial charge in [0.05, 0.1) is 22.1 Å². The molecular weight excluding hydrogens is 502 g/mol. The first kappa shape index (κ1) is 22.0. The monoisotopic (exact) mass is 525 g/mol. The van der Waals surface area contributed by atoms with E-state index < -0.39 is 0 Å². The molecule has 0 bridgehead atoms. The fourth-order valence-electron chi connectivity index (χ4n) is 4.14. The predicted molar refractivity (Wildman–Crippen MR) is 134 cm³/mol. The van der Waals surface area contributed by atoms with Crippen LogP contribution < -0.4 is 11.1 Å². The number of nitrogens with two attached hydrogens (primary N) is 1. The summed E-state index contributed by atoms with van der Waals surface area (Å²) >= 11 is 5.25. The summed E-state index contributed by atoms with van der Waals surface area (Å²) in [6.45, 7) is 3.76. The number of carbonyl (C=O) groups is 1. The summed E-state index contributed by atoms with van der Waals surface area (Å²) in [4.78, 5) is 23.0. The Kier molecular flexibility index (Phi) is 6.13. The van der Waals surface area contributed by atoms with Crippen molar-refractivity contribution < 1.29 is 4.79 Å². The van der Waals surface area contributed by atoms with Gasteiger partial charge in [-0.1, -0.05) is 6.07 Å². The van der Waals surface area contributed by atoms with Crippen LogP contribution in [0.3, 0.4) is 0 Å². The molecule has 0 unspecified atom stereocenters. The van der Waals surface area contributed by atoms with Crippen LogP contribution in [0, 0.1) is 0 Å². The van der Waals surface area contributed by atoms with Gasteiger partial charge in [0.2, 0.25) is 5.91 Å². The van der Waals surface area contributed by atoms with Gasteiger partial charge in [-0.2, -0.15) is 21.0 Å². The van der Waals surface area contributed by atoms with Crippen LogP contribution in [0.5, 0.6) is 0 Å². The van der Waals surface area contributed by atoms with E-state index in [9.17, 15) is 4.79 Å². The van der Waals surface area contributed by atoms with E-state index in [0.717, 1.165) is 58.5 Å². The highest BCUT2D eigenvalue weighted by atomic mass is 79.9. The number of hydrogen-bond acceptors (Lipinski definition) is 7. The smallest absolute Gasteiger partial charge is 0.219 e. The molecule has 170 valence electrons. The van der Waals surface area contributed by atoms with Crippen molar-refractivity contribution in [2.24, 2.45) is 0 Å². The standard InChI is InChI=1S/C23H24BrN7OS/c1-14(32)30-7-4-17(5-8-30)26-12-20-21(24)22(25)31-23(29-20)18(11-28-31)15-2-3-19(27-10-15)16-6-9-33-13-16/h2-3,6,9-11,13,17,26H,4-5,7-8,12,25H2,1H3. The molecule has 5 rings (SSSR count). The van der Waals surface area contributed by atoms with E-state index in [4.69, 9.17) is 10.7 Å². The minimum Gasteiger partial charge on any atom is -0.383 e. The van der Waals surface area contributed by atoms with E-state index in [1.54, 1.807) is 29.0 Å². The SMILES string of the molecule is CC(=O)N1CCC(NCc2nc3c(-c4ccc(-c5ccsc5)nc4)cnn3c(N)c2Br)CC1. The van der Waals surface area contributed by atoms with Gasteiger partial charge < -0.3 is 16.0 Å². The van der Waals surface area contributed by atoms with E-state index in [1.807, 2.05) is 28.6 Å². The lowest BCUT2D eigenvalue weighted by molar-refractivity contribution is -0.129. The van der Waals surface area contributed by atoms with Crippen molar-refractivity contribution in [3.63, 3.8) is 0 Å². The van der Waals surface area contributed by atoms with Crippen molar-refractivity contribution in [3.8, 4) is 22.4 Å². The molecule has 1 fully saturated rings. The van der Waals surface area contributed by atoms with Crippen molar-refractivity contribution in [3.05, 3.63) is 51.5 Å². The minimum atomic E-state index is 0.141. The van der Waals surface area contributed by atoms with Crippen LogP contribution in [0.25, 0.3) is 28.0 Å². The number of aromatic nitrogens is 4. The fourth-order valence-corrected chi connectivity index (χ4v) is 5.18. The minimum absolute atomic E-state index is 0.141. The maximum Gasteiger partial charge on any atom is 0.219 e. The molecule has 0 saturated carbocycles. The van der Waals surface area contributed by atoms with Crippen LogP contribution in [0.4, 0.5) is 5.82 Å². The van der Waals surface area contributed by atoms with Crippen molar-refractivity contribution in [1.82, 2.24) is 29.8 Å². The number of rotatable bonds is 5. The number of likely N-dealkylation sites (tertiary alicyclic amines) is 1. The topological polar surface area (TPSA) is 101 Å². The third kappa shape index (κ3) is 4.38. The molecule has 1 aliphatic heterocycles. The Hall–Kier alpha value is -2.82. The number of nitrogen functional groups attached to an aromatic ring is 1. The average molecular weight is 526 g/mol. The number of amides is 1. The number of thiophene rings is 1. The molecule has 10 heteroatoms. The van der Waals surface area contributed by atoms with Gasteiger partial charge in [-0.05, 0) is 46.3 Å². The van der Waals surface area contributed by atoms with Crippen molar-refractivity contribution in [2.75, 3.05) is 18.8 Å². The van der Waals surface area contributed by atoms with E-state index >= 15 is 0 Å². The predicted octanol–water partition coefficient (Wildman–Crippen LogP) is 3.97. The third-order valence-corrected chi connectivity index (χ3v) is 7.63. The Morgan fingerprint density at radius 1 is 1.24 bits per heavy atom. The van der Waals surface area contributed by atoms with Crippen LogP contribution in [-0.2, 0) is 11.3 Å². The quantitative estimate of drug-likeness (QED) is 0.408. The van der Waals surface area contributed by atoms with Crippen molar-refractivity contribution >= 4 is 44.6 Å². The lowest BCUT2D eigenvalue weighted by Gasteiger charge is -2.31. The highest BCUT2D eigenvalue weighted by Crippen LogP contribution is 2.30. The molecule has 1 aliphatic rings. The number of piperidine rings is 1. The first-order chi connectivity index (χ1) is 16.0. The molecule has 0 spiro atoms. The van der Waals surface area contributed by atoms with Gasteiger partial charge in [0.1, 0.15) is 5.82 Å². The Labute approximate surface area is 204 Å². The highest BCUT2D eigenvalue weighted by Gasteiger charge is 2.22. The molecule has 0 aliphatic carbocycles. The van der Waals surface area contributed by atoms with Gasteiger partial charge in [0.15, 0.2) is 5.65 Å². The maximum absolute atomic E-state index is 11.6. The maximum atomic E-state index is 11.6. The first-order valence-corrected chi connectivity index (χ1v) is 12.5. The number of nitrogens with zero attached hydrogens (tertiary/aromatic N) is 5.